The minimum absolute atomic E-state index is 0.244. The van der Waals surface area contributed by atoms with E-state index in [1.807, 2.05) is 0 Å². The van der Waals surface area contributed by atoms with Crippen LogP contribution in [-0.2, 0) is 12.6 Å². The van der Waals surface area contributed by atoms with Crippen molar-refractivity contribution in [3.63, 3.8) is 0 Å². The lowest BCUT2D eigenvalue weighted by Crippen LogP contribution is -2.08. The summed E-state index contributed by atoms with van der Waals surface area (Å²) in [6.07, 6.45) is -3.97. The Balaban J connectivity index is 2.21. The molecule has 0 bridgehead atoms. The molecule has 0 spiro atoms. The van der Waals surface area contributed by atoms with Gasteiger partial charge < -0.3 is 5.73 Å². The van der Waals surface area contributed by atoms with E-state index in [4.69, 9.17) is 17.3 Å². The number of benzene rings is 2. The predicted molar refractivity (Wildman–Crippen MR) is 87.7 cm³/mol. The summed E-state index contributed by atoms with van der Waals surface area (Å²) in [6.45, 7) is 0.340. The number of nitrogens with zero attached hydrogens (tertiary/aromatic N) is 2. The minimum atomic E-state index is -4.42. The zero-order valence-electron chi connectivity index (χ0n) is 12.4. The topological polar surface area (TPSA) is 51.8 Å². The molecule has 1 heterocycles. The Kier molecular flexibility index (Phi) is 4.43. The highest BCUT2D eigenvalue weighted by Crippen LogP contribution is 2.32. The molecule has 2 aromatic carbocycles. The van der Waals surface area contributed by atoms with Crippen molar-refractivity contribution >= 4 is 22.5 Å². The van der Waals surface area contributed by atoms with Crippen LogP contribution in [0.25, 0.3) is 22.3 Å². The van der Waals surface area contributed by atoms with E-state index in [0.717, 1.165) is 12.1 Å². The third-order valence-corrected chi connectivity index (χ3v) is 3.84. The number of nitrogens with two attached hydrogens (primary N) is 1. The predicted octanol–water partition coefficient (Wildman–Crippen LogP) is 4.47. The number of halogens is 4. The van der Waals surface area contributed by atoms with Crippen molar-refractivity contribution < 1.29 is 13.2 Å². The molecule has 0 atom stereocenters. The van der Waals surface area contributed by atoms with Crippen molar-refractivity contribution in [2.75, 3.05) is 6.54 Å². The molecule has 0 aliphatic rings. The second-order valence-corrected chi connectivity index (χ2v) is 5.71. The van der Waals surface area contributed by atoms with Gasteiger partial charge in [0.15, 0.2) is 5.82 Å². The Bertz CT molecular complexity index is 877. The molecule has 124 valence electrons. The zero-order valence-corrected chi connectivity index (χ0v) is 13.2. The lowest BCUT2D eigenvalue weighted by molar-refractivity contribution is -0.137. The first-order chi connectivity index (χ1) is 11.4. The highest BCUT2D eigenvalue weighted by molar-refractivity contribution is 6.30. The fraction of sp³-hybridized carbons (Fsp3) is 0.176. The second-order valence-electron chi connectivity index (χ2n) is 5.27. The number of aromatic nitrogens is 2. The number of fused-ring (bicyclic) bond motifs is 1. The first kappa shape index (κ1) is 16.7. The number of hydrogen-bond acceptors (Lipinski definition) is 3. The summed E-state index contributed by atoms with van der Waals surface area (Å²) in [5.41, 5.74) is 6.41. The van der Waals surface area contributed by atoms with Crippen molar-refractivity contribution in [2.24, 2.45) is 5.73 Å². The van der Waals surface area contributed by atoms with E-state index < -0.39 is 11.7 Å². The lowest BCUT2D eigenvalue weighted by atomic mass is 10.1. The monoisotopic (exact) mass is 351 g/mol. The zero-order chi connectivity index (χ0) is 17.3. The normalized spacial score (nSPS) is 11.9. The van der Waals surface area contributed by atoms with Crippen LogP contribution in [0.4, 0.5) is 13.2 Å². The van der Waals surface area contributed by atoms with E-state index in [9.17, 15) is 13.2 Å². The molecular formula is C17H13ClF3N3. The van der Waals surface area contributed by atoms with Crippen LogP contribution in [0.2, 0.25) is 5.02 Å². The van der Waals surface area contributed by atoms with Crippen LogP contribution in [-0.4, -0.2) is 16.5 Å². The third-order valence-electron chi connectivity index (χ3n) is 3.59. The van der Waals surface area contributed by atoms with Crippen LogP contribution in [0.5, 0.6) is 0 Å². The van der Waals surface area contributed by atoms with Crippen LogP contribution in [0.15, 0.2) is 42.5 Å². The van der Waals surface area contributed by atoms with E-state index in [-0.39, 0.29) is 5.52 Å². The molecule has 24 heavy (non-hydrogen) atoms. The molecule has 0 unspecified atom stereocenters. The molecule has 0 aliphatic heterocycles. The van der Waals surface area contributed by atoms with Crippen LogP contribution >= 0.6 is 11.6 Å². The first-order valence-corrected chi connectivity index (χ1v) is 7.60. The van der Waals surface area contributed by atoms with Gasteiger partial charge in [0.05, 0.1) is 16.8 Å². The summed E-state index contributed by atoms with van der Waals surface area (Å²) in [5, 5.41) is 1.13. The van der Waals surface area contributed by atoms with Gasteiger partial charge in [0.2, 0.25) is 0 Å². The Morgan fingerprint density at radius 3 is 2.33 bits per heavy atom. The van der Waals surface area contributed by atoms with E-state index in [2.05, 4.69) is 9.97 Å². The molecule has 0 saturated carbocycles. The van der Waals surface area contributed by atoms with Crippen LogP contribution in [0.1, 0.15) is 11.3 Å². The molecule has 3 rings (SSSR count). The van der Waals surface area contributed by atoms with Gasteiger partial charge in [-0.2, -0.15) is 13.2 Å². The van der Waals surface area contributed by atoms with Gasteiger partial charge >= 0.3 is 6.18 Å². The largest absolute Gasteiger partial charge is 0.416 e. The molecular weight excluding hydrogens is 339 g/mol. The summed E-state index contributed by atoms with van der Waals surface area (Å²) in [4.78, 5) is 8.76. The minimum Gasteiger partial charge on any atom is -0.330 e. The lowest BCUT2D eigenvalue weighted by Gasteiger charge is -2.11. The summed E-state index contributed by atoms with van der Waals surface area (Å²) in [7, 11) is 0. The van der Waals surface area contributed by atoms with Gasteiger partial charge in [0.1, 0.15) is 0 Å². The fourth-order valence-electron chi connectivity index (χ4n) is 2.43. The molecule has 0 saturated heterocycles. The van der Waals surface area contributed by atoms with Crippen LogP contribution in [0.3, 0.4) is 0 Å². The van der Waals surface area contributed by atoms with E-state index in [0.29, 0.717) is 40.5 Å². The highest BCUT2D eigenvalue weighted by Gasteiger charge is 2.30. The van der Waals surface area contributed by atoms with Crippen molar-refractivity contribution in [1.29, 1.82) is 0 Å². The summed E-state index contributed by atoms with van der Waals surface area (Å²) < 4.78 is 38.9. The first-order valence-electron chi connectivity index (χ1n) is 7.22. The van der Waals surface area contributed by atoms with E-state index in [1.54, 1.807) is 24.3 Å². The Morgan fingerprint density at radius 2 is 1.71 bits per heavy atom. The van der Waals surface area contributed by atoms with Gasteiger partial charge in [-0.15, -0.1) is 0 Å². The number of hydrogen-bond donors (Lipinski definition) is 1. The molecule has 7 heteroatoms. The SMILES string of the molecule is NCCc1nc(-c2ccc(Cl)cc2)nc2cc(C(F)(F)F)ccc12. The maximum Gasteiger partial charge on any atom is 0.416 e. The van der Waals surface area contributed by atoms with E-state index >= 15 is 0 Å². The molecule has 0 radical (unpaired) electrons. The third kappa shape index (κ3) is 3.34. The van der Waals surface area contributed by atoms with Gasteiger partial charge in [-0.1, -0.05) is 17.7 Å². The molecule has 0 amide bonds. The number of rotatable bonds is 3. The molecule has 3 aromatic rings. The maximum atomic E-state index is 13.0. The van der Waals surface area contributed by atoms with Gasteiger partial charge in [0, 0.05) is 22.4 Å². The van der Waals surface area contributed by atoms with Crippen molar-refractivity contribution in [1.82, 2.24) is 9.97 Å². The Hall–Kier alpha value is -2.18. The van der Waals surface area contributed by atoms with Gasteiger partial charge in [-0.3, -0.25) is 0 Å². The molecule has 3 nitrogen and oxygen atoms in total. The second kappa shape index (κ2) is 6.37. The number of alkyl halides is 3. The molecule has 2 N–H and O–H groups in total. The summed E-state index contributed by atoms with van der Waals surface area (Å²) >= 11 is 5.86. The van der Waals surface area contributed by atoms with Gasteiger partial charge in [0.25, 0.3) is 0 Å². The average molecular weight is 352 g/mol. The van der Waals surface area contributed by atoms with Crippen molar-refractivity contribution in [2.45, 2.75) is 12.6 Å². The van der Waals surface area contributed by atoms with Crippen LogP contribution in [0, 0.1) is 0 Å². The van der Waals surface area contributed by atoms with Gasteiger partial charge in [-0.05, 0) is 42.9 Å². The Morgan fingerprint density at radius 1 is 1.00 bits per heavy atom. The quantitative estimate of drug-likeness (QED) is 0.757. The fourth-order valence-corrected chi connectivity index (χ4v) is 2.55. The highest BCUT2D eigenvalue weighted by atomic mass is 35.5. The standard InChI is InChI=1S/C17H13ClF3N3/c18-12-4-1-10(2-5-12)16-23-14(7-8-22)13-6-3-11(17(19,20)21)9-15(13)24-16/h1-6,9H,7-8,22H2. The van der Waals surface area contributed by atoms with Crippen LogP contribution < -0.4 is 5.73 Å². The smallest absolute Gasteiger partial charge is 0.330 e. The van der Waals surface area contributed by atoms with Crippen molar-refractivity contribution in [3.8, 4) is 11.4 Å². The Labute approximate surface area is 141 Å². The van der Waals surface area contributed by atoms with E-state index in [1.165, 1.54) is 6.07 Å². The summed E-state index contributed by atoms with van der Waals surface area (Å²) in [5.74, 6) is 0.349. The summed E-state index contributed by atoms with van der Waals surface area (Å²) in [6, 6.07) is 10.3. The van der Waals surface area contributed by atoms with Gasteiger partial charge in [-0.25, -0.2) is 9.97 Å². The van der Waals surface area contributed by atoms with Crippen molar-refractivity contribution in [3.05, 3.63) is 58.7 Å². The molecule has 1 aromatic heterocycles. The maximum absolute atomic E-state index is 13.0. The molecule has 0 aliphatic carbocycles. The average Bonchev–Trinajstić information content (AvgIpc) is 2.54. The molecule has 0 fully saturated rings.